The van der Waals surface area contributed by atoms with Crippen LogP contribution in [0.15, 0.2) is 0 Å². The lowest BCUT2D eigenvalue weighted by Gasteiger charge is -2.08. The molecule has 0 aliphatic carbocycles. The minimum atomic E-state index is -0.528. The van der Waals surface area contributed by atoms with Gasteiger partial charge in [0.25, 0.3) is 0 Å². The Kier molecular flexibility index (Phi) is 16.6. The van der Waals surface area contributed by atoms with Gasteiger partial charge in [-0.25, -0.2) is 9.59 Å². The van der Waals surface area contributed by atoms with E-state index in [2.05, 4.69) is 0 Å². The first-order valence-electron chi connectivity index (χ1n) is 11.4. The first kappa shape index (κ1) is 24.6. The van der Waals surface area contributed by atoms with Crippen LogP contribution >= 0.6 is 0 Å². The van der Waals surface area contributed by atoms with Gasteiger partial charge in [0.05, 0.1) is 26.4 Å². The quantitative estimate of drug-likeness (QED) is 0.429. The van der Waals surface area contributed by atoms with Gasteiger partial charge in [0, 0.05) is 0 Å². The van der Waals surface area contributed by atoms with Crippen LogP contribution in [0.2, 0.25) is 0 Å². The number of hydrogen-bond donors (Lipinski definition) is 0. The van der Waals surface area contributed by atoms with Crippen molar-refractivity contribution in [2.75, 3.05) is 26.4 Å². The first-order chi connectivity index (χ1) is 13.8. The maximum absolute atomic E-state index is 11.5. The summed E-state index contributed by atoms with van der Waals surface area (Å²) in [5, 5.41) is 0. The van der Waals surface area contributed by atoms with Gasteiger partial charge in [-0.05, 0) is 25.7 Å². The largest absolute Gasteiger partial charge is 0.508 e. The molecular formula is C22H40O6. The predicted octanol–water partition coefficient (Wildman–Crippen LogP) is 6.55. The lowest BCUT2D eigenvalue weighted by molar-refractivity contribution is 0.0524. The van der Waals surface area contributed by atoms with Crippen molar-refractivity contribution in [1.29, 1.82) is 0 Å². The molecular weight excluding hydrogens is 360 g/mol. The summed E-state index contributed by atoms with van der Waals surface area (Å²) in [5.74, 6) is 0. The maximum atomic E-state index is 11.5. The highest BCUT2D eigenvalue weighted by atomic mass is 16.7. The molecule has 0 aromatic rings. The Morgan fingerprint density at radius 2 is 0.500 bits per heavy atom. The fourth-order valence-corrected chi connectivity index (χ4v) is 3.23. The van der Waals surface area contributed by atoms with Gasteiger partial charge in [-0.15, -0.1) is 0 Å². The summed E-state index contributed by atoms with van der Waals surface area (Å²) in [5.41, 5.74) is 0. The highest BCUT2D eigenvalue weighted by Crippen LogP contribution is 2.11. The van der Waals surface area contributed by atoms with E-state index < -0.39 is 12.3 Å². The van der Waals surface area contributed by atoms with Gasteiger partial charge in [-0.1, -0.05) is 77.0 Å². The van der Waals surface area contributed by atoms with Crippen molar-refractivity contribution < 1.29 is 28.5 Å². The van der Waals surface area contributed by atoms with Crippen LogP contribution in [0, 0.1) is 0 Å². The van der Waals surface area contributed by atoms with Crippen LogP contribution in [-0.4, -0.2) is 38.7 Å². The molecule has 0 atom stereocenters. The normalized spacial score (nSPS) is 22.1. The minimum absolute atomic E-state index is 0.439. The number of carbonyl (C=O) groups is 2. The molecule has 6 heteroatoms. The van der Waals surface area contributed by atoms with Crippen LogP contribution in [0.3, 0.4) is 0 Å². The molecule has 0 N–H and O–H groups in total. The number of ether oxygens (including phenoxy) is 4. The third-order valence-electron chi connectivity index (χ3n) is 4.96. The summed E-state index contributed by atoms with van der Waals surface area (Å²) in [7, 11) is 0. The Morgan fingerprint density at radius 3 is 0.714 bits per heavy atom. The predicted molar refractivity (Wildman–Crippen MR) is 108 cm³/mol. The third kappa shape index (κ3) is 16.7. The van der Waals surface area contributed by atoms with E-state index in [1.165, 1.54) is 32.1 Å². The SMILES string of the molecule is O=C1OCCCCCCCCCCCOC(=O)OCCCCCCCCCO1. The van der Waals surface area contributed by atoms with Crippen LogP contribution in [-0.2, 0) is 18.9 Å². The molecule has 0 aromatic carbocycles. The zero-order valence-corrected chi connectivity index (χ0v) is 17.6. The lowest BCUT2D eigenvalue weighted by atomic mass is 10.1. The second kappa shape index (κ2) is 18.9. The second-order valence-corrected chi connectivity index (χ2v) is 7.55. The molecule has 0 unspecified atom stereocenters. The van der Waals surface area contributed by atoms with Gasteiger partial charge in [0.1, 0.15) is 0 Å². The summed E-state index contributed by atoms with van der Waals surface area (Å²) in [4.78, 5) is 23.0. The smallest absolute Gasteiger partial charge is 0.434 e. The zero-order valence-electron chi connectivity index (χ0n) is 17.6. The molecule has 0 radical (unpaired) electrons. The van der Waals surface area contributed by atoms with E-state index in [1.807, 2.05) is 0 Å². The van der Waals surface area contributed by atoms with E-state index in [9.17, 15) is 9.59 Å². The summed E-state index contributed by atoms with van der Waals surface area (Å²) in [6.07, 6.45) is 16.2. The monoisotopic (exact) mass is 400 g/mol. The van der Waals surface area contributed by atoms with Crippen molar-refractivity contribution >= 4 is 12.3 Å². The highest BCUT2D eigenvalue weighted by Gasteiger charge is 2.05. The Hall–Kier alpha value is -1.46. The van der Waals surface area contributed by atoms with Crippen molar-refractivity contribution in [2.45, 2.75) is 103 Å². The minimum Gasteiger partial charge on any atom is -0.434 e. The third-order valence-corrected chi connectivity index (χ3v) is 4.96. The molecule has 164 valence electrons. The summed E-state index contributed by atoms with van der Waals surface area (Å²) < 4.78 is 20.4. The van der Waals surface area contributed by atoms with E-state index >= 15 is 0 Å². The van der Waals surface area contributed by atoms with Crippen LogP contribution in [0.4, 0.5) is 9.59 Å². The molecule has 1 saturated heterocycles. The van der Waals surface area contributed by atoms with E-state index in [-0.39, 0.29) is 0 Å². The molecule has 1 heterocycles. The Bertz CT molecular complexity index is 351. The van der Waals surface area contributed by atoms with Crippen molar-refractivity contribution in [3.8, 4) is 0 Å². The molecule has 0 spiro atoms. The van der Waals surface area contributed by atoms with Gasteiger partial charge in [0.2, 0.25) is 0 Å². The van der Waals surface area contributed by atoms with E-state index in [0.717, 1.165) is 70.6 Å². The number of rotatable bonds is 0. The topological polar surface area (TPSA) is 71.1 Å². The van der Waals surface area contributed by atoms with Crippen LogP contribution in [0.5, 0.6) is 0 Å². The van der Waals surface area contributed by atoms with E-state index in [0.29, 0.717) is 26.4 Å². The molecule has 6 nitrogen and oxygen atoms in total. The Morgan fingerprint density at radius 1 is 0.321 bits per heavy atom. The van der Waals surface area contributed by atoms with Crippen molar-refractivity contribution in [3.05, 3.63) is 0 Å². The van der Waals surface area contributed by atoms with Crippen molar-refractivity contribution in [2.24, 2.45) is 0 Å². The van der Waals surface area contributed by atoms with Crippen LogP contribution in [0.25, 0.3) is 0 Å². The average Bonchev–Trinajstić information content (AvgIpc) is 2.69. The summed E-state index contributed by atoms with van der Waals surface area (Å²) in [6, 6.07) is 0. The van der Waals surface area contributed by atoms with E-state index in [4.69, 9.17) is 18.9 Å². The maximum Gasteiger partial charge on any atom is 0.508 e. The zero-order chi connectivity index (χ0) is 20.1. The van der Waals surface area contributed by atoms with Crippen molar-refractivity contribution in [1.82, 2.24) is 0 Å². The molecule has 28 heavy (non-hydrogen) atoms. The summed E-state index contributed by atoms with van der Waals surface area (Å²) in [6.45, 7) is 1.80. The lowest BCUT2D eigenvalue weighted by Crippen LogP contribution is -2.09. The highest BCUT2D eigenvalue weighted by molar-refractivity contribution is 5.60. The summed E-state index contributed by atoms with van der Waals surface area (Å²) >= 11 is 0. The van der Waals surface area contributed by atoms with Crippen LogP contribution in [0.1, 0.15) is 103 Å². The fraction of sp³-hybridized carbons (Fsp3) is 0.909. The average molecular weight is 401 g/mol. The van der Waals surface area contributed by atoms with E-state index in [1.54, 1.807) is 0 Å². The standard InChI is InChI=1S/C22H40O6/c23-21-25-17-13-9-5-2-1-3-6-10-14-18-26-22(24)28-20-16-12-8-4-7-11-15-19-27-21/h1-20H2. The fourth-order valence-electron chi connectivity index (χ4n) is 3.23. The number of hydrogen-bond acceptors (Lipinski definition) is 6. The molecule has 0 amide bonds. The van der Waals surface area contributed by atoms with Gasteiger partial charge >= 0.3 is 12.3 Å². The van der Waals surface area contributed by atoms with Gasteiger partial charge in [-0.3, -0.25) is 0 Å². The molecule has 1 aliphatic heterocycles. The van der Waals surface area contributed by atoms with Gasteiger partial charge in [0.15, 0.2) is 0 Å². The Labute approximate surface area is 170 Å². The number of carbonyl (C=O) groups excluding carboxylic acids is 2. The van der Waals surface area contributed by atoms with Gasteiger partial charge < -0.3 is 18.9 Å². The van der Waals surface area contributed by atoms with Crippen molar-refractivity contribution in [3.63, 3.8) is 0 Å². The van der Waals surface area contributed by atoms with Gasteiger partial charge in [-0.2, -0.15) is 0 Å². The molecule has 0 aromatic heterocycles. The Balaban J connectivity index is 2.14. The second-order valence-electron chi connectivity index (χ2n) is 7.55. The molecule has 1 rings (SSSR count). The number of cyclic esters (lactones) is 4. The van der Waals surface area contributed by atoms with Crippen LogP contribution < -0.4 is 0 Å². The first-order valence-corrected chi connectivity index (χ1v) is 11.4. The molecule has 0 saturated carbocycles. The molecule has 1 fully saturated rings. The molecule has 1 aliphatic rings. The molecule has 0 bridgehead atoms.